The summed E-state index contributed by atoms with van der Waals surface area (Å²) < 4.78 is 37.3. The standard InChI is InChI=1S/C13H18ClF3N2/c1-9(2)18-7-10-6-11(14)4-5-12(10)19(3)8-13(15,16)17/h4-6,9,18H,7-8H2,1-3H3. The molecule has 0 fully saturated rings. The normalized spacial score (nSPS) is 12.0. The monoisotopic (exact) mass is 294 g/mol. The molecule has 0 saturated carbocycles. The highest BCUT2D eigenvalue weighted by atomic mass is 35.5. The van der Waals surface area contributed by atoms with E-state index in [1.165, 1.54) is 11.9 Å². The van der Waals surface area contributed by atoms with Crippen molar-refractivity contribution < 1.29 is 13.2 Å². The highest BCUT2D eigenvalue weighted by molar-refractivity contribution is 6.30. The van der Waals surface area contributed by atoms with Crippen LogP contribution in [0.3, 0.4) is 0 Å². The number of nitrogens with one attached hydrogen (secondary N) is 1. The fourth-order valence-electron chi connectivity index (χ4n) is 1.74. The molecule has 108 valence electrons. The predicted octanol–water partition coefficient (Wildman–Crippen LogP) is 3.84. The molecule has 0 aliphatic rings. The Morgan fingerprint density at radius 2 is 1.95 bits per heavy atom. The van der Waals surface area contributed by atoms with Crippen LogP contribution in [-0.4, -0.2) is 25.8 Å². The van der Waals surface area contributed by atoms with Gasteiger partial charge in [-0.25, -0.2) is 0 Å². The molecule has 0 unspecified atom stereocenters. The smallest absolute Gasteiger partial charge is 0.365 e. The van der Waals surface area contributed by atoms with Crippen molar-refractivity contribution in [3.05, 3.63) is 28.8 Å². The second kappa shape index (κ2) is 6.48. The largest absolute Gasteiger partial charge is 0.405 e. The number of hydrogen-bond acceptors (Lipinski definition) is 2. The van der Waals surface area contributed by atoms with Crippen molar-refractivity contribution >= 4 is 17.3 Å². The molecule has 0 aromatic heterocycles. The quantitative estimate of drug-likeness (QED) is 0.888. The van der Waals surface area contributed by atoms with Crippen LogP contribution in [0.2, 0.25) is 5.02 Å². The van der Waals surface area contributed by atoms with Gasteiger partial charge in [-0.15, -0.1) is 0 Å². The lowest BCUT2D eigenvalue weighted by atomic mass is 10.1. The molecule has 1 aromatic rings. The minimum Gasteiger partial charge on any atom is -0.365 e. The first-order valence-electron chi connectivity index (χ1n) is 5.99. The van der Waals surface area contributed by atoms with Gasteiger partial charge in [0.1, 0.15) is 6.54 Å². The van der Waals surface area contributed by atoms with Crippen molar-refractivity contribution in [3.63, 3.8) is 0 Å². The number of rotatable bonds is 5. The van der Waals surface area contributed by atoms with Gasteiger partial charge in [0.15, 0.2) is 0 Å². The van der Waals surface area contributed by atoms with Gasteiger partial charge in [0.05, 0.1) is 0 Å². The molecule has 0 spiro atoms. The second-order valence-electron chi connectivity index (χ2n) is 4.78. The van der Waals surface area contributed by atoms with Crippen molar-refractivity contribution in [2.24, 2.45) is 0 Å². The molecule has 0 heterocycles. The van der Waals surface area contributed by atoms with E-state index in [1.54, 1.807) is 18.2 Å². The van der Waals surface area contributed by atoms with Crippen LogP contribution in [0, 0.1) is 0 Å². The van der Waals surface area contributed by atoms with Gasteiger partial charge in [-0.1, -0.05) is 25.4 Å². The summed E-state index contributed by atoms with van der Waals surface area (Å²) in [7, 11) is 1.43. The summed E-state index contributed by atoms with van der Waals surface area (Å²) in [5.41, 5.74) is 1.29. The molecular formula is C13H18ClF3N2. The number of benzene rings is 1. The van der Waals surface area contributed by atoms with Crippen LogP contribution >= 0.6 is 11.6 Å². The first-order chi connectivity index (χ1) is 8.69. The third-order valence-electron chi connectivity index (χ3n) is 2.57. The van der Waals surface area contributed by atoms with Gasteiger partial charge in [-0.05, 0) is 23.8 Å². The van der Waals surface area contributed by atoms with Crippen LogP contribution in [0.1, 0.15) is 19.4 Å². The van der Waals surface area contributed by atoms with Gasteiger partial charge in [0.2, 0.25) is 0 Å². The summed E-state index contributed by atoms with van der Waals surface area (Å²) in [5, 5.41) is 3.70. The molecular weight excluding hydrogens is 277 g/mol. The minimum atomic E-state index is -4.23. The second-order valence-corrected chi connectivity index (χ2v) is 5.22. The molecule has 0 atom stereocenters. The van der Waals surface area contributed by atoms with Crippen LogP contribution in [0.25, 0.3) is 0 Å². The van der Waals surface area contributed by atoms with Crippen molar-refractivity contribution in [2.45, 2.75) is 32.6 Å². The summed E-state index contributed by atoms with van der Waals surface area (Å²) in [6.45, 7) is 3.45. The van der Waals surface area contributed by atoms with Gasteiger partial charge in [-0.3, -0.25) is 0 Å². The molecule has 1 aromatic carbocycles. The Morgan fingerprint density at radius 3 is 2.47 bits per heavy atom. The van der Waals surface area contributed by atoms with E-state index in [-0.39, 0.29) is 6.04 Å². The predicted molar refractivity (Wildman–Crippen MR) is 72.8 cm³/mol. The minimum absolute atomic E-state index is 0.250. The summed E-state index contributed by atoms with van der Waals surface area (Å²) in [6, 6.07) is 5.16. The fraction of sp³-hybridized carbons (Fsp3) is 0.538. The lowest BCUT2D eigenvalue weighted by Gasteiger charge is -2.24. The highest BCUT2D eigenvalue weighted by Gasteiger charge is 2.30. The van der Waals surface area contributed by atoms with Crippen LogP contribution in [0.4, 0.5) is 18.9 Å². The van der Waals surface area contributed by atoms with E-state index >= 15 is 0 Å². The number of anilines is 1. The Kier molecular flexibility index (Phi) is 5.50. The van der Waals surface area contributed by atoms with Gasteiger partial charge in [0.25, 0.3) is 0 Å². The summed E-state index contributed by atoms with van der Waals surface area (Å²) in [5.74, 6) is 0. The molecule has 0 radical (unpaired) electrons. The Labute approximate surface area is 116 Å². The molecule has 19 heavy (non-hydrogen) atoms. The van der Waals surface area contributed by atoms with E-state index in [9.17, 15) is 13.2 Å². The Morgan fingerprint density at radius 1 is 1.32 bits per heavy atom. The van der Waals surface area contributed by atoms with Crippen LogP contribution in [0.15, 0.2) is 18.2 Å². The number of halogens is 4. The highest BCUT2D eigenvalue weighted by Crippen LogP contribution is 2.26. The topological polar surface area (TPSA) is 15.3 Å². The van der Waals surface area contributed by atoms with Crippen molar-refractivity contribution in [1.29, 1.82) is 0 Å². The molecule has 2 nitrogen and oxygen atoms in total. The zero-order chi connectivity index (χ0) is 14.6. The fourth-order valence-corrected chi connectivity index (χ4v) is 1.93. The molecule has 1 N–H and O–H groups in total. The van der Waals surface area contributed by atoms with Crippen molar-refractivity contribution in [3.8, 4) is 0 Å². The van der Waals surface area contributed by atoms with Crippen LogP contribution in [0.5, 0.6) is 0 Å². The van der Waals surface area contributed by atoms with Crippen LogP contribution in [-0.2, 0) is 6.54 Å². The molecule has 0 aliphatic carbocycles. The van der Waals surface area contributed by atoms with Crippen LogP contribution < -0.4 is 10.2 Å². The van der Waals surface area contributed by atoms with E-state index in [0.717, 1.165) is 5.56 Å². The maximum atomic E-state index is 12.4. The zero-order valence-electron chi connectivity index (χ0n) is 11.2. The zero-order valence-corrected chi connectivity index (χ0v) is 11.9. The van der Waals surface area contributed by atoms with Gasteiger partial charge in [-0.2, -0.15) is 13.2 Å². The summed E-state index contributed by atoms with van der Waals surface area (Å²) in [6.07, 6.45) is -4.23. The molecule has 6 heteroatoms. The van der Waals surface area contributed by atoms with E-state index in [2.05, 4.69) is 5.32 Å². The maximum absolute atomic E-state index is 12.4. The summed E-state index contributed by atoms with van der Waals surface area (Å²) in [4.78, 5) is 1.19. The maximum Gasteiger partial charge on any atom is 0.405 e. The first kappa shape index (κ1) is 16.1. The van der Waals surface area contributed by atoms with E-state index in [1.807, 2.05) is 13.8 Å². The van der Waals surface area contributed by atoms with E-state index in [4.69, 9.17) is 11.6 Å². The Balaban J connectivity index is 2.92. The Bertz CT molecular complexity index is 419. The lowest BCUT2D eigenvalue weighted by molar-refractivity contribution is -0.119. The van der Waals surface area contributed by atoms with E-state index < -0.39 is 12.7 Å². The lowest BCUT2D eigenvalue weighted by Crippen LogP contribution is -2.32. The number of nitrogens with zero attached hydrogens (tertiary/aromatic N) is 1. The van der Waals surface area contributed by atoms with Gasteiger partial charge >= 0.3 is 6.18 Å². The number of alkyl halides is 3. The molecule has 0 aliphatic heterocycles. The average molecular weight is 295 g/mol. The third kappa shape index (κ3) is 5.70. The summed E-state index contributed by atoms with van der Waals surface area (Å²) >= 11 is 5.90. The number of hydrogen-bond donors (Lipinski definition) is 1. The molecule has 0 bridgehead atoms. The van der Waals surface area contributed by atoms with Gasteiger partial charge < -0.3 is 10.2 Å². The molecule has 1 rings (SSSR count). The average Bonchev–Trinajstić information content (AvgIpc) is 2.23. The Hall–Kier alpha value is -0.940. The first-order valence-corrected chi connectivity index (χ1v) is 6.36. The van der Waals surface area contributed by atoms with Crippen molar-refractivity contribution in [1.82, 2.24) is 5.32 Å². The molecule has 0 amide bonds. The van der Waals surface area contributed by atoms with E-state index in [0.29, 0.717) is 17.3 Å². The molecule has 0 saturated heterocycles. The van der Waals surface area contributed by atoms with Gasteiger partial charge in [0, 0.05) is 30.3 Å². The van der Waals surface area contributed by atoms with Crippen molar-refractivity contribution in [2.75, 3.05) is 18.5 Å². The SMILES string of the molecule is CC(C)NCc1cc(Cl)ccc1N(C)CC(F)(F)F. The third-order valence-corrected chi connectivity index (χ3v) is 2.81.